The second-order valence-corrected chi connectivity index (χ2v) is 5.94. The molecular weight excluding hydrogens is 256 g/mol. The number of carbonyl (C=O) groups excluding carboxylic acids is 1. The summed E-state index contributed by atoms with van der Waals surface area (Å²) in [7, 11) is 0. The normalized spacial score (nSPS) is 27.4. The molecule has 0 bridgehead atoms. The molecule has 2 atom stereocenters. The van der Waals surface area contributed by atoms with Gasteiger partial charge in [-0.05, 0) is 31.6 Å². The zero-order chi connectivity index (χ0) is 14.1. The Morgan fingerprint density at radius 3 is 2.65 bits per heavy atom. The van der Waals surface area contributed by atoms with Gasteiger partial charge in [-0.2, -0.15) is 0 Å². The first-order chi connectivity index (χ1) is 9.69. The third kappa shape index (κ3) is 2.44. The van der Waals surface area contributed by atoms with Crippen molar-refractivity contribution >= 4 is 5.91 Å². The molecule has 1 saturated heterocycles. The van der Waals surface area contributed by atoms with Crippen molar-refractivity contribution in [3.05, 3.63) is 11.9 Å². The van der Waals surface area contributed by atoms with Gasteiger partial charge in [0.15, 0.2) is 5.69 Å². The van der Waals surface area contributed by atoms with E-state index in [0.717, 1.165) is 44.7 Å². The van der Waals surface area contributed by atoms with Crippen molar-refractivity contribution in [3.8, 4) is 0 Å². The third-order valence-corrected chi connectivity index (χ3v) is 4.75. The number of rotatable bonds is 3. The zero-order valence-corrected chi connectivity index (χ0v) is 11.9. The first-order valence-electron chi connectivity index (χ1n) is 7.58. The molecule has 6 nitrogen and oxygen atoms in total. The van der Waals surface area contributed by atoms with Crippen LogP contribution in [0.3, 0.4) is 0 Å². The summed E-state index contributed by atoms with van der Waals surface area (Å²) in [5.74, 6) is 0.722. The molecule has 1 aromatic rings. The van der Waals surface area contributed by atoms with Crippen LogP contribution in [0.15, 0.2) is 6.20 Å². The first-order valence-corrected chi connectivity index (χ1v) is 7.58. The molecule has 0 radical (unpaired) electrons. The van der Waals surface area contributed by atoms with Gasteiger partial charge in [-0.3, -0.25) is 4.79 Å². The smallest absolute Gasteiger partial charge is 0.276 e. The molecule has 3 rings (SSSR count). The second-order valence-electron chi connectivity index (χ2n) is 5.94. The Labute approximate surface area is 118 Å². The number of nitrogens with zero attached hydrogens (tertiary/aromatic N) is 4. The van der Waals surface area contributed by atoms with Crippen LogP contribution < -0.4 is 0 Å². The number of aliphatic hydroxyl groups is 1. The standard InChI is InChI=1S/C14H22N4O2/c1-2-10-5-7-17(8-6-10)14(20)11-9-18(16-15-11)12-3-4-13(12)19/h9-10,12-13,19H,2-8H2,1H3/t12-,13-/m1/s1. The average Bonchev–Trinajstić information content (AvgIpc) is 2.94. The van der Waals surface area contributed by atoms with Gasteiger partial charge in [0, 0.05) is 13.1 Å². The van der Waals surface area contributed by atoms with E-state index in [2.05, 4.69) is 17.2 Å². The van der Waals surface area contributed by atoms with Crippen LogP contribution in [0.2, 0.25) is 0 Å². The topological polar surface area (TPSA) is 71.2 Å². The number of aliphatic hydroxyl groups excluding tert-OH is 1. The van der Waals surface area contributed by atoms with Gasteiger partial charge in [0.05, 0.1) is 18.3 Å². The van der Waals surface area contributed by atoms with E-state index in [0.29, 0.717) is 5.69 Å². The van der Waals surface area contributed by atoms with Crippen molar-refractivity contribution in [1.29, 1.82) is 0 Å². The SMILES string of the molecule is CCC1CCN(C(=O)c2cn([C@@H]3CC[C@H]3O)nn2)CC1. The molecule has 0 aromatic carbocycles. The molecule has 0 unspecified atom stereocenters. The van der Waals surface area contributed by atoms with E-state index < -0.39 is 0 Å². The van der Waals surface area contributed by atoms with Crippen LogP contribution in [0.25, 0.3) is 0 Å². The van der Waals surface area contributed by atoms with E-state index in [9.17, 15) is 9.90 Å². The summed E-state index contributed by atoms with van der Waals surface area (Å²) in [5, 5.41) is 17.6. The lowest BCUT2D eigenvalue weighted by molar-refractivity contribution is 0.0244. The minimum Gasteiger partial charge on any atom is -0.391 e. The highest BCUT2D eigenvalue weighted by atomic mass is 16.3. The fourth-order valence-electron chi connectivity index (χ4n) is 3.02. The predicted octanol–water partition coefficient (Wildman–Crippen LogP) is 1.24. The van der Waals surface area contributed by atoms with Crippen molar-refractivity contribution in [1.82, 2.24) is 19.9 Å². The first kappa shape index (κ1) is 13.5. The molecule has 2 aliphatic rings. The minimum absolute atomic E-state index is 0.00474. The van der Waals surface area contributed by atoms with Gasteiger partial charge in [0.25, 0.3) is 5.91 Å². The Kier molecular flexibility index (Phi) is 3.74. The molecule has 6 heteroatoms. The van der Waals surface area contributed by atoms with Crippen LogP contribution in [0.5, 0.6) is 0 Å². The Balaban J connectivity index is 1.63. The minimum atomic E-state index is -0.347. The van der Waals surface area contributed by atoms with E-state index in [-0.39, 0.29) is 18.1 Å². The van der Waals surface area contributed by atoms with Gasteiger partial charge < -0.3 is 10.0 Å². The molecular formula is C14H22N4O2. The van der Waals surface area contributed by atoms with Gasteiger partial charge >= 0.3 is 0 Å². The highest BCUT2D eigenvalue weighted by Gasteiger charge is 2.32. The van der Waals surface area contributed by atoms with E-state index >= 15 is 0 Å². The summed E-state index contributed by atoms with van der Waals surface area (Å²) in [6.45, 7) is 3.84. The molecule has 1 amide bonds. The van der Waals surface area contributed by atoms with Crippen LogP contribution in [-0.4, -0.2) is 50.1 Å². The summed E-state index contributed by atoms with van der Waals surface area (Å²) in [5.41, 5.74) is 0.402. The van der Waals surface area contributed by atoms with Crippen LogP contribution >= 0.6 is 0 Å². The van der Waals surface area contributed by atoms with Crippen LogP contribution in [0, 0.1) is 5.92 Å². The Hall–Kier alpha value is -1.43. The highest BCUT2D eigenvalue weighted by Crippen LogP contribution is 2.31. The molecule has 0 spiro atoms. The molecule has 20 heavy (non-hydrogen) atoms. The Morgan fingerprint density at radius 1 is 1.35 bits per heavy atom. The molecule has 1 N–H and O–H groups in total. The molecule has 2 fully saturated rings. The number of likely N-dealkylation sites (tertiary alicyclic amines) is 1. The molecule has 1 aliphatic carbocycles. The monoisotopic (exact) mass is 278 g/mol. The van der Waals surface area contributed by atoms with E-state index in [1.54, 1.807) is 10.9 Å². The lowest BCUT2D eigenvalue weighted by Crippen LogP contribution is -2.38. The fourth-order valence-corrected chi connectivity index (χ4v) is 3.02. The number of hydrogen-bond donors (Lipinski definition) is 1. The summed E-state index contributed by atoms with van der Waals surface area (Å²) in [6, 6.07) is -0.00474. The van der Waals surface area contributed by atoms with Crippen molar-refractivity contribution in [2.75, 3.05) is 13.1 Å². The van der Waals surface area contributed by atoms with Crippen LogP contribution in [0.1, 0.15) is 55.6 Å². The lowest BCUT2D eigenvalue weighted by atomic mass is 9.89. The number of carbonyl (C=O) groups is 1. The van der Waals surface area contributed by atoms with Crippen LogP contribution in [0.4, 0.5) is 0 Å². The second kappa shape index (κ2) is 5.52. The summed E-state index contributed by atoms with van der Waals surface area (Å²) >= 11 is 0. The summed E-state index contributed by atoms with van der Waals surface area (Å²) in [4.78, 5) is 14.2. The van der Waals surface area contributed by atoms with Gasteiger partial charge in [0.2, 0.25) is 0 Å². The molecule has 1 saturated carbocycles. The van der Waals surface area contributed by atoms with Gasteiger partial charge in [-0.25, -0.2) is 4.68 Å². The fraction of sp³-hybridized carbons (Fsp3) is 0.786. The van der Waals surface area contributed by atoms with Gasteiger partial charge in [-0.15, -0.1) is 5.10 Å². The maximum absolute atomic E-state index is 12.4. The largest absolute Gasteiger partial charge is 0.391 e. The van der Waals surface area contributed by atoms with Crippen molar-refractivity contribution < 1.29 is 9.90 Å². The molecule has 2 heterocycles. The quantitative estimate of drug-likeness (QED) is 0.903. The van der Waals surface area contributed by atoms with E-state index in [1.807, 2.05) is 4.90 Å². The van der Waals surface area contributed by atoms with Gasteiger partial charge in [-0.1, -0.05) is 18.6 Å². The molecule has 1 aromatic heterocycles. The van der Waals surface area contributed by atoms with E-state index in [4.69, 9.17) is 0 Å². The van der Waals surface area contributed by atoms with E-state index in [1.165, 1.54) is 6.42 Å². The Bertz CT molecular complexity index is 479. The van der Waals surface area contributed by atoms with Crippen molar-refractivity contribution in [2.24, 2.45) is 5.92 Å². The van der Waals surface area contributed by atoms with Crippen LogP contribution in [-0.2, 0) is 0 Å². The summed E-state index contributed by atoms with van der Waals surface area (Å²) in [6.07, 6.45) is 6.40. The summed E-state index contributed by atoms with van der Waals surface area (Å²) < 4.78 is 1.64. The van der Waals surface area contributed by atoms with Crippen molar-refractivity contribution in [2.45, 2.75) is 51.2 Å². The highest BCUT2D eigenvalue weighted by molar-refractivity contribution is 5.92. The lowest BCUT2D eigenvalue weighted by Gasteiger charge is -2.32. The number of aromatic nitrogens is 3. The molecule has 110 valence electrons. The molecule has 1 aliphatic heterocycles. The van der Waals surface area contributed by atoms with Gasteiger partial charge in [0.1, 0.15) is 0 Å². The zero-order valence-electron chi connectivity index (χ0n) is 11.9. The maximum atomic E-state index is 12.4. The van der Waals surface area contributed by atoms with Crippen molar-refractivity contribution in [3.63, 3.8) is 0 Å². The average molecular weight is 278 g/mol. The number of amides is 1. The maximum Gasteiger partial charge on any atom is 0.276 e. The number of hydrogen-bond acceptors (Lipinski definition) is 4. The Morgan fingerprint density at radius 2 is 2.10 bits per heavy atom. The predicted molar refractivity (Wildman–Crippen MR) is 73.2 cm³/mol. The number of piperidine rings is 1. The third-order valence-electron chi connectivity index (χ3n) is 4.75.